The first-order valence-corrected chi connectivity index (χ1v) is 4.92. The highest BCUT2D eigenvalue weighted by atomic mass is 32.1. The molecule has 0 bridgehead atoms. The molecule has 0 spiro atoms. The highest BCUT2D eigenvalue weighted by Crippen LogP contribution is 2.03. The fourth-order valence-electron chi connectivity index (χ4n) is 0.829. The molecule has 5 nitrogen and oxygen atoms in total. The van der Waals surface area contributed by atoms with Crippen LogP contribution in [0.1, 0.15) is 4.88 Å². The number of nitrogens with zero attached hydrogens (tertiary/aromatic N) is 2. The lowest BCUT2D eigenvalue weighted by Gasteiger charge is -2.01. The van der Waals surface area contributed by atoms with Gasteiger partial charge in [-0.1, -0.05) is 0 Å². The predicted octanol–water partition coefficient (Wildman–Crippen LogP) is -0.128. The van der Waals surface area contributed by atoms with Crippen LogP contribution in [0.5, 0.6) is 0 Å². The van der Waals surface area contributed by atoms with Gasteiger partial charge in [0.1, 0.15) is 6.54 Å². The highest BCUT2D eigenvalue weighted by Gasteiger charge is 1.99. The minimum Gasteiger partial charge on any atom is -0.342 e. The second-order valence-corrected chi connectivity index (χ2v) is 3.48. The predicted molar refractivity (Wildman–Crippen MR) is 52.4 cm³/mol. The van der Waals surface area contributed by atoms with Gasteiger partial charge in [0.2, 0.25) is 5.91 Å². The third-order valence-corrected chi connectivity index (χ3v) is 2.21. The van der Waals surface area contributed by atoms with E-state index in [1.54, 1.807) is 11.7 Å². The number of rotatable bonds is 5. The largest absolute Gasteiger partial charge is 0.342 e. The van der Waals surface area contributed by atoms with E-state index in [0.29, 0.717) is 6.54 Å². The summed E-state index contributed by atoms with van der Waals surface area (Å²) in [4.78, 5) is 16.0. The van der Waals surface area contributed by atoms with Crippen molar-refractivity contribution in [1.29, 1.82) is 5.26 Å². The van der Waals surface area contributed by atoms with E-state index < -0.39 is 0 Å². The number of thiazole rings is 1. The first-order chi connectivity index (χ1) is 6.83. The molecule has 1 aromatic heterocycles. The Hall–Kier alpha value is -1.45. The Bertz CT molecular complexity index is 317. The average Bonchev–Trinajstić information content (AvgIpc) is 2.67. The standard InChI is InChI=1S/C8H10N4OS/c9-1-2-12-8(13)5-10-3-7-4-11-6-14-7/h4,6,10H,2-3,5H2,(H,12,13). The number of amides is 1. The molecule has 0 aliphatic heterocycles. The van der Waals surface area contributed by atoms with Crippen LogP contribution in [-0.4, -0.2) is 24.0 Å². The number of hydrogen-bond donors (Lipinski definition) is 2. The molecule has 0 aromatic carbocycles. The van der Waals surface area contributed by atoms with E-state index >= 15 is 0 Å². The van der Waals surface area contributed by atoms with Crippen LogP contribution in [0.25, 0.3) is 0 Å². The maximum absolute atomic E-state index is 11.0. The molecule has 0 unspecified atom stereocenters. The molecule has 14 heavy (non-hydrogen) atoms. The fraction of sp³-hybridized carbons (Fsp3) is 0.375. The molecule has 0 fully saturated rings. The second kappa shape index (κ2) is 6.07. The van der Waals surface area contributed by atoms with E-state index in [1.807, 2.05) is 6.07 Å². The zero-order valence-corrected chi connectivity index (χ0v) is 8.30. The molecule has 0 radical (unpaired) electrons. The normalized spacial score (nSPS) is 9.36. The minimum absolute atomic E-state index is 0.0566. The van der Waals surface area contributed by atoms with Gasteiger partial charge in [-0.2, -0.15) is 5.26 Å². The Labute approximate surface area is 85.8 Å². The van der Waals surface area contributed by atoms with Gasteiger partial charge in [0, 0.05) is 17.6 Å². The summed E-state index contributed by atoms with van der Waals surface area (Å²) in [6, 6.07) is 1.83. The first kappa shape index (κ1) is 10.6. The molecule has 0 atom stereocenters. The van der Waals surface area contributed by atoms with Crippen molar-refractivity contribution in [3.05, 3.63) is 16.6 Å². The van der Waals surface area contributed by atoms with Crippen LogP contribution in [0, 0.1) is 11.3 Å². The van der Waals surface area contributed by atoms with Crippen molar-refractivity contribution in [3.63, 3.8) is 0 Å². The maximum atomic E-state index is 11.0. The molecule has 1 heterocycles. The lowest BCUT2D eigenvalue weighted by Crippen LogP contribution is -2.33. The summed E-state index contributed by atoms with van der Waals surface area (Å²) in [6.45, 7) is 0.908. The molecular formula is C8H10N4OS. The van der Waals surface area contributed by atoms with Crippen LogP contribution in [0.2, 0.25) is 0 Å². The van der Waals surface area contributed by atoms with Gasteiger partial charge in [0.25, 0.3) is 0 Å². The van der Waals surface area contributed by atoms with Crippen molar-refractivity contribution in [2.45, 2.75) is 6.54 Å². The van der Waals surface area contributed by atoms with E-state index in [2.05, 4.69) is 15.6 Å². The average molecular weight is 210 g/mol. The van der Waals surface area contributed by atoms with Crippen LogP contribution in [0.15, 0.2) is 11.7 Å². The Morgan fingerprint density at radius 2 is 2.57 bits per heavy atom. The minimum atomic E-state index is -0.170. The summed E-state index contributed by atoms with van der Waals surface area (Å²) < 4.78 is 0. The Morgan fingerprint density at radius 3 is 3.21 bits per heavy atom. The molecular weight excluding hydrogens is 200 g/mol. The number of nitriles is 1. The van der Waals surface area contributed by atoms with Crippen molar-refractivity contribution < 1.29 is 4.79 Å². The summed E-state index contributed by atoms with van der Waals surface area (Å²) in [5.74, 6) is -0.170. The number of carbonyl (C=O) groups is 1. The fourth-order valence-corrected chi connectivity index (χ4v) is 1.39. The number of carbonyl (C=O) groups excluding carboxylic acids is 1. The van der Waals surface area contributed by atoms with E-state index in [4.69, 9.17) is 5.26 Å². The Morgan fingerprint density at radius 1 is 1.71 bits per heavy atom. The highest BCUT2D eigenvalue weighted by molar-refractivity contribution is 7.09. The first-order valence-electron chi connectivity index (χ1n) is 4.04. The third-order valence-electron chi connectivity index (χ3n) is 1.43. The molecule has 74 valence electrons. The van der Waals surface area contributed by atoms with Crippen LogP contribution in [0.4, 0.5) is 0 Å². The number of hydrogen-bond acceptors (Lipinski definition) is 5. The molecule has 2 N–H and O–H groups in total. The number of aromatic nitrogens is 1. The lowest BCUT2D eigenvalue weighted by molar-refractivity contribution is -0.120. The van der Waals surface area contributed by atoms with Crippen LogP contribution in [-0.2, 0) is 11.3 Å². The molecule has 0 saturated heterocycles. The monoisotopic (exact) mass is 210 g/mol. The van der Waals surface area contributed by atoms with Crippen molar-refractivity contribution in [2.75, 3.05) is 13.1 Å². The van der Waals surface area contributed by atoms with E-state index in [1.165, 1.54) is 11.3 Å². The third kappa shape index (κ3) is 3.98. The zero-order valence-electron chi connectivity index (χ0n) is 7.49. The van der Waals surface area contributed by atoms with Crippen molar-refractivity contribution >= 4 is 17.2 Å². The second-order valence-electron chi connectivity index (χ2n) is 2.51. The van der Waals surface area contributed by atoms with E-state index in [-0.39, 0.29) is 19.0 Å². The summed E-state index contributed by atoms with van der Waals surface area (Å²) in [5, 5.41) is 13.6. The van der Waals surface area contributed by atoms with Gasteiger partial charge in [-0.15, -0.1) is 11.3 Å². The topological polar surface area (TPSA) is 77.8 Å². The molecule has 0 aliphatic carbocycles. The van der Waals surface area contributed by atoms with Crippen molar-refractivity contribution in [3.8, 4) is 6.07 Å². The van der Waals surface area contributed by atoms with Gasteiger partial charge >= 0.3 is 0 Å². The van der Waals surface area contributed by atoms with Gasteiger partial charge < -0.3 is 10.6 Å². The van der Waals surface area contributed by atoms with Crippen LogP contribution >= 0.6 is 11.3 Å². The zero-order chi connectivity index (χ0) is 10.2. The molecule has 1 amide bonds. The van der Waals surface area contributed by atoms with Crippen LogP contribution < -0.4 is 10.6 Å². The van der Waals surface area contributed by atoms with E-state index in [0.717, 1.165) is 4.88 Å². The SMILES string of the molecule is N#CCNC(=O)CNCc1cncs1. The van der Waals surface area contributed by atoms with E-state index in [9.17, 15) is 4.79 Å². The molecule has 0 aliphatic rings. The quantitative estimate of drug-likeness (QED) is 0.664. The summed E-state index contributed by atoms with van der Waals surface area (Å²) in [7, 11) is 0. The maximum Gasteiger partial charge on any atom is 0.234 e. The smallest absolute Gasteiger partial charge is 0.234 e. The van der Waals surface area contributed by atoms with Crippen LogP contribution in [0.3, 0.4) is 0 Å². The van der Waals surface area contributed by atoms with Gasteiger partial charge in [-0.3, -0.25) is 9.78 Å². The molecule has 1 aromatic rings. The lowest BCUT2D eigenvalue weighted by atomic mass is 10.5. The molecule has 6 heteroatoms. The van der Waals surface area contributed by atoms with Gasteiger partial charge in [0.15, 0.2) is 0 Å². The Balaban J connectivity index is 2.10. The Kier molecular flexibility index (Phi) is 4.61. The van der Waals surface area contributed by atoms with Gasteiger partial charge in [0.05, 0.1) is 18.1 Å². The van der Waals surface area contributed by atoms with Gasteiger partial charge in [-0.05, 0) is 0 Å². The number of nitrogens with one attached hydrogen (secondary N) is 2. The van der Waals surface area contributed by atoms with Gasteiger partial charge in [-0.25, -0.2) is 0 Å². The summed E-state index contributed by atoms with van der Waals surface area (Å²) >= 11 is 1.53. The summed E-state index contributed by atoms with van der Waals surface area (Å²) in [5.41, 5.74) is 1.74. The molecule has 0 saturated carbocycles. The molecule has 1 rings (SSSR count). The summed E-state index contributed by atoms with van der Waals surface area (Å²) in [6.07, 6.45) is 1.75. The van der Waals surface area contributed by atoms with Crippen molar-refractivity contribution in [1.82, 2.24) is 15.6 Å². The van der Waals surface area contributed by atoms with Crippen molar-refractivity contribution in [2.24, 2.45) is 0 Å².